The molecule has 1 aromatic rings. The van der Waals surface area contributed by atoms with Gasteiger partial charge in [-0.2, -0.15) is 5.10 Å². The Bertz CT molecular complexity index is 533. The minimum atomic E-state index is -0.861. The Labute approximate surface area is 119 Å². The zero-order valence-corrected chi connectivity index (χ0v) is 12.7. The van der Waals surface area contributed by atoms with Gasteiger partial charge in [-0.15, -0.1) is 0 Å². The lowest BCUT2D eigenvalue weighted by Crippen LogP contribution is -2.69. The van der Waals surface area contributed by atoms with E-state index >= 15 is 0 Å². The summed E-state index contributed by atoms with van der Waals surface area (Å²) in [4.78, 5) is 26.5. The number of nitrogens with one attached hydrogen (secondary N) is 1. The molecule has 6 heteroatoms. The number of hydrogen-bond donors (Lipinski definition) is 1. The minimum Gasteiger partial charge on any atom is -0.342 e. The van der Waals surface area contributed by atoms with Crippen LogP contribution in [0.2, 0.25) is 0 Å². The van der Waals surface area contributed by atoms with Gasteiger partial charge in [0.1, 0.15) is 11.6 Å². The van der Waals surface area contributed by atoms with E-state index in [4.69, 9.17) is 0 Å². The minimum absolute atomic E-state index is 0.0461. The summed E-state index contributed by atoms with van der Waals surface area (Å²) >= 11 is 0. The number of rotatable bonds is 3. The van der Waals surface area contributed by atoms with E-state index in [0.29, 0.717) is 6.54 Å². The Morgan fingerprint density at radius 3 is 2.55 bits per heavy atom. The molecule has 20 heavy (non-hydrogen) atoms. The third kappa shape index (κ3) is 2.42. The average Bonchev–Trinajstić information content (AvgIpc) is 2.75. The van der Waals surface area contributed by atoms with Crippen molar-refractivity contribution in [1.82, 2.24) is 20.0 Å². The monoisotopic (exact) mass is 278 g/mol. The summed E-state index contributed by atoms with van der Waals surface area (Å²) in [5.41, 5.74) is -0.0777. The second-order valence-electron chi connectivity index (χ2n) is 6.16. The molecule has 2 rings (SSSR count). The van der Waals surface area contributed by atoms with E-state index < -0.39 is 11.6 Å². The van der Waals surface area contributed by atoms with Crippen LogP contribution in [0.5, 0.6) is 0 Å². The quantitative estimate of drug-likeness (QED) is 0.884. The number of amides is 2. The number of carbonyl (C=O) groups is 2. The normalized spacial score (nSPS) is 22.3. The second-order valence-corrected chi connectivity index (χ2v) is 6.16. The molecule has 1 fully saturated rings. The lowest BCUT2D eigenvalue weighted by Gasteiger charge is -2.45. The van der Waals surface area contributed by atoms with Gasteiger partial charge in [-0.05, 0) is 25.8 Å². The van der Waals surface area contributed by atoms with Crippen LogP contribution in [0, 0.1) is 5.92 Å². The molecule has 1 aromatic heterocycles. The van der Waals surface area contributed by atoms with Crippen molar-refractivity contribution >= 4 is 11.8 Å². The lowest BCUT2D eigenvalue weighted by atomic mass is 9.91. The fraction of sp³-hybridized carbons (Fsp3) is 0.643. The van der Waals surface area contributed by atoms with Crippen molar-refractivity contribution < 1.29 is 9.59 Å². The van der Waals surface area contributed by atoms with Crippen LogP contribution in [0.1, 0.15) is 33.4 Å². The van der Waals surface area contributed by atoms with Crippen molar-refractivity contribution in [2.45, 2.75) is 45.8 Å². The van der Waals surface area contributed by atoms with Crippen LogP contribution in [-0.2, 0) is 23.2 Å². The van der Waals surface area contributed by atoms with E-state index in [0.717, 1.165) is 5.69 Å². The average molecular weight is 278 g/mol. The Kier molecular flexibility index (Phi) is 3.58. The molecule has 1 saturated heterocycles. The number of carbonyl (C=O) groups excluding carboxylic acids is 2. The molecule has 0 spiro atoms. The van der Waals surface area contributed by atoms with Crippen molar-refractivity contribution in [3.05, 3.63) is 18.0 Å². The summed E-state index contributed by atoms with van der Waals surface area (Å²) in [5, 5.41) is 7.11. The van der Waals surface area contributed by atoms with E-state index in [2.05, 4.69) is 10.4 Å². The van der Waals surface area contributed by atoms with E-state index in [-0.39, 0.29) is 17.7 Å². The van der Waals surface area contributed by atoms with E-state index in [1.807, 2.05) is 33.2 Å². The summed E-state index contributed by atoms with van der Waals surface area (Å²) in [6.45, 7) is 7.74. The highest BCUT2D eigenvalue weighted by Gasteiger charge is 2.47. The number of aromatic nitrogens is 2. The molecule has 0 saturated carbocycles. The molecule has 0 aromatic carbocycles. The number of aryl methyl sites for hydroxylation is 1. The van der Waals surface area contributed by atoms with Gasteiger partial charge in [0.25, 0.3) is 0 Å². The van der Waals surface area contributed by atoms with Crippen LogP contribution >= 0.6 is 0 Å². The highest BCUT2D eigenvalue weighted by Crippen LogP contribution is 2.25. The predicted octanol–water partition coefficient (Wildman–Crippen LogP) is 0.682. The first-order chi connectivity index (χ1) is 9.23. The maximum absolute atomic E-state index is 12.6. The van der Waals surface area contributed by atoms with Gasteiger partial charge in [-0.3, -0.25) is 14.3 Å². The molecule has 0 aliphatic carbocycles. The Hall–Kier alpha value is -1.85. The Morgan fingerprint density at radius 1 is 1.40 bits per heavy atom. The van der Waals surface area contributed by atoms with Crippen molar-refractivity contribution in [2.75, 3.05) is 0 Å². The van der Waals surface area contributed by atoms with Crippen LogP contribution in [0.4, 0.5) is 0 Å². The molecule has 1 unspecified atom stereocenters. The molecule has 1 aliphatic heterocycles. The number of piperazine rings is 1. The number of nitrogens with zero attached hydrogens (tertiary/aromatic N) is 3. The Morgan fingerprint density at radius 2 is 2.05 bits per heavy atom. The highest BCUT2D eigenvalue weighted by atomic mass is 16.2. The maximum atomic E-state index is 12.6. The molecule has 1 aliphatic rings. The zero-order valence-electron chi connectivity index (χ0n) is 12.7. The Balaban J connectivity index is 2.30. The van der Waals surface area contributed by atoms with E-state index in [1.165, 1.54) is 0 Å². The molecule has 2 heterocycles. The predicted molar refractivity (Wildman–Crippen MR) is 74.6 cm³/mol. The third-order valence-corrected chi connectivity index (χ3v) is 3.80. The van der Waals surface area contributed by atoms with Gasteiger partial charge in [0.2, 0.25) is 11.8 Å². The largest absolute Gasteiger partial charge is 0.342 e. The fourth-order valence-electron chi connectivity index (χ4n) is 2.38. The van der Waals surface area contributed by atoms with Crippen LogP contribution in [0.15, 0.2) is 12.3 Å². The van der Waals surface area contributed by atoms with Crippen LogP contribution in [0.3, 0.4) is 0 Å². The standard InChI is InChI=1S/C14H22N4O2/c1-9(2)11-12(19)18(14(3,4)13(20)15-11)8-10-6-7-17(5)16-10/h6-7,9,11H,8H2,1-5H3,(H,15,20). The highest BCUT2D eigenvalue weighted by molar-refractivity contribution is 5.99. The lowest BCUT2D eigenvalue weighted by molar-refractivity contribution is -0.157. The fourth-order valence-corrected chi connectivity index (χ4v) is 2.38. The first-order valence-corrected chi connectivity index (χ1v) is 6.84. The molecule has 1 atom stereocenters. The van der Waals surface area contributed by atoms with E-state index in [9.17, 15) is 9.59 Å². The summed E-state index contributed by atoms with van der Waals surface area (Å²) in [7, 11) is 1.83. The van der Waals surface area contributed by atoms with Gasteiger partial charge in [-0.1, -0.05) is 13.8 Å². The topological polar surface area (TPSA) is 67.2 Å². The van der Waals surface area contributed by atoms with Crippen molar-refractivity contribution in [2.24, 2.45) is 13.0 Å². The van der Waals surface area contributed by atoms with E-state index in [1.54, 1.807) is 23.4 Å². The van der Waals surface area contributed by atoms with Gasteiger partial charge < -0.3 is 10.2 Å². The first-order valence-electron chi connectivity index (χ1n) is 6.84. The summed E-state index contributed by atoms with van der Waals surface area (Å²) in [6, 6.07) is 1.40. The second kappa shape index (κ2) is 4.92. The van der Waals surface area contributed by atoms with Gasteiger partial charge in [0.15, 0.2) is 0 Å². The molecular weight excluding hydrogens is 256 g/mol. The molecule has 6 nitrogen and oxygen atoms in total. The van der Waals surface area contributed by atoms with Crippen LogP contribution < -0.4 is 5.32 Å². The molecule has 110 valence electrons. The van der Waals surface area contributed by atoms with Gasteiger partial charge in [0, 0.05) is 13.2 Å². The summed E-state index contributed by atoms with van der Waals surface area (Å²) in [6.07, 6.45) is 1.83. The van der Waals surface area contributed by atoms with Crippen LogP contribution in [-0.4, -0.2) is 38.1 Å². The molecular formula is C14H22N4O2. The SMILES string of the molecule is CC(C)C1NC(=O)C(C)(C)N(Cc2ccn(C)n2)C1=O. The maximum Gasteiger partial charge on any atom is 0.246 e. The van der Waals surface area contributed by atoms with Crippen molar-refractivity contribution in [1.29, 1.82) is 0 Å². The third-order valence-electron chi connectivity index (χ3n) is 3.80. The van der Waals surface area contributed by atoms with Crippen LogP contribution in [0.25, 0.3) is 0 Å². The summed E-state index contributed by atoms with van der Waals surface area (Å²) in [5.74, 6) is -0.101. The van der Waals surface area contributed by atoms with Crippen molar-refractivity contribution in [3.8, 4) is 0 Å². The molecule has 2 amide bonds. The van der Waals surface area contributed by atoms with Gasteiger partial charge in [0.05, 0.1) is 12.2 Å². The zero-order chi connectivity index (χ0) is 15.1. The summed E-state index contributed by atoms with van der Waals surface area (Å²) < 4.78 is 1.69. The van der Waals surface area contributed by atoms with Gasteiger partial charge in [-0.25, -0.2) is 0 Å². The van der Waals surface area contributed by atoms with Crippen molar-refractivity contribution in [3.63, 3.8) is 0 Å². The van der Waals surface area contributed by atoms with Gasteiger partial charge >= 0.3 is 0 Å². The first kappa shape index (κ1) is 14.6. The molecule has 1 N–H and O–H groups in total. The molecule has 0 radical (unpaired) electrons. The number of hydrogen-bond acceptors (Lipinski definition) is 3. The molecule has 0 bridgehead atoms. The smallest absolute Gasteiger partial charge is 0.246 e.